The van der Waals surface area contributed by atoms with Gasteiger partial charge in [0.2, 0.25) is 0 Å². The number of carbonyl (C=O) groups excluding carboxylic acids is 1. The molecule has 2 rings (SSSR count). The predicted molar refractivity (Wildman–Crippen MR) is 59.6 cm³/mol. The van der Waals surface area contributed by atoms with Gasteiger partial charge < -0.3 is 14.4 Å². The Hall–Kier alpha value is -1.56. The van der Waals surface area contributed by atoms with E-state index in [1.165, 1.54) is 11.3 Å². The van der Waals surface area contributed by atoms with Crippen molar-refractivity contribution in [2.45, 2.75) is 6.10 Å². The van der Waals surface area contributed by atoms with E-state index in [0.29, 0.717) is 18.3 Å². The van der Waals surface area contributed by atoms with Crippen molar-refractivity contribution in [3.05, 3.63) is 24.2 Å². The fourth-order valence-electron chi connectivity index (χ4n) is 1.29. The van der Waals surface area contributed by atoms with Gasteiger partial charge in [-0.05, 0) is 0 Å². The van der Waals surface area contributed by atoms with E-state index in [4.69, 9.17) is 9.47 Å². The van der Waals surface area contributed by atoms with Crippen molar-refractivity contribution in [1.82, 2.24) is 9.88 Å². The van der Waals surface area contributed by atoms with Crippen LogP contribution in [0.3, 0.4) is 0 Å². The van der Waals surface area contributed by atoms with E-state index >= 15 is 0 Å². The average Bonchev–Trinajstić information content (AvgIpc) is 2.72. The Morgan fingerprint density at radius 2 is 2.56 bits per heavy atom. The van der Waals surface area contributed by atoms with Gasteiger partial charge in [-0.3, -0.25) is 0 Å². The van der Waals surface area contributed by atoms with Crippen molar-refractivity contribution >= 4 is 17.4 Å². The first-order valence-corrected chi connectivity index (χ1v) is 5.76. The third-order valence-electron chi connectivity index (χ3n) is 2.11. The van der Waals surface area contributed by atoms with E-state index in [1.807, 2.05) is 5.38 Å². The molecule has 1 amide bonds. The number of likely N-dealkylation sites (tertiary alicyclic amines) is 1. The van der Waals surface area contributed by atoms with Gasteiger partial charge in [0.25, 0.3) is 5.19 Å². The number of ether oxygens (including phenoxy) is 2. The Kier molecular flexibility index (Phi) is 3.40. The summed E-state index contributed by atoms with van der Waals surface area (Å²) in [5, 5.41) is 2.49. The number of rotatable bonds is 4. The molecule has 1 aromatic rings. The zero-order chi connectivity index (χ0) is 11.4. The van der Waals surface area contributed by atoms with Gasteiger partial charge in [0.15, 0.2) is 0 Å². The molecule has 0 spiro atoms. The lowest BCUT2D eigenvalue weighted by Crippen LogP contribution is -2.56. The van der Waals surface area contributed by atoms with E-state index in [2.05, 4.69) is 11.6 Å². The van der Waals surface area contributed by atoms with Gasteiger partial charge in [-0.2, -0.15) is 0 Å². The summed E-state index contributed by atoms with van der Waals surface area (Å²) in [6.07, 6.45) is 2.94. The molecular weight excluding hydrogens is 228 g/mol. The maximum absolute atomic E-state index is 11.3. The Morgan fingerprint density at radius 1 is 1.75 bits per heavy atom. The van der Waals surface area contributed by atoms with Gasteiger partial charge in [0.1, 0.15) is 12.7 Å². The second-order valence-corrected chi connectivity index (χ2v) is 4.17. The summed E-state index contributed by atoms with van der Waals surface area (Å²) in [5.41, 5.74) is 0. The number of hydrogen-bond donors (Lipinski definition) is 0. The number of aromatic nitrogens is 1. The first-order valence-electron chi connectivity index (χ1n) is 4.88. The minimum absolute atomic E-state index is 0.0300. The van der Waals surface area contributed by atoms with Crippen LogP contribution in [0.25, 0.3) is 0 Å². The van der Waals surface area contributed by atoms with E-state index in [1.54, 1.807) is 17.2 Å². The molecule has 0 atom stereocenters. The Bertz CT molecular complexity index is 360. The molecule has 0 saturated carbocycles. The molecule has 16 heavy (non-hydrogen) atoms. The molecule has 0 radical (unpaired) electrons. The van der Waals surface area contributed by atoms with Crippen LogP contribution in [0.1, 0.15) is 0 Å². The van der Waals surface area contributed by atoms with Crippen molar-refractivity contribution in [3.8, 4) is 5.19 Å². The Balaban J connectivity index is 1.69. The van der Waals surface area contributed by atoms with Crippen LogP contribution in [0.15, 0.2) is 24.2 Å². The molecule has 1 aliphatic rings. The molecule has 0 aliphatic carbocycles. The number of hydrogen-bond acceptors (Lipinski definition) is 5. The maximum Gasteiger partial charge on any atom is 0.410 e. The van der Waals surface area contributed by atoms with Crippen LogP contribution in [0, 0.1) is 0 Å². The molecule has 1 aromatic heterocycles. The van der Waals surface area contributed by atoms with Crippen LogP contribution in [0.5, 0.6) is 5.19 Å². The van der Waals surface area contributed by atoms with Gasteiger partial charge in [-0.1, -0.05) is 24.0 Å². The highest BCUT2D eigenvalue weighted by atomic mass is 32.1. The SMILES string of the molecule is C=CCOC(=O)N1CC(Oc2nccs2)C1. The van der Waals surface area contributed by atoms with Crippen molar-refractivity contribution < 1.29 is 14.3 Å². The third kappa shape index (κ3) is 2.52. The molecule has 86 valence electrons. The van der Waals surface area contributed by atoms with Gasteiger partial charge >= 0.3 is 6.09 Å². The molecule has 0 N–H and O–H groups in total. The lowest BCUT2D eigenvalue weighted by atomic mass is 10.2. The number of thiazole rings is 1. The average molecular weight is 240 g/mol. The maximum atomic E-state index is 11.3. The summed E-state index contributed by atoms with van der Waals surface area (Å²) in [5.74, 6) is 0. The smallest absolute Gasteiger partial charge is 0.410 e. The Labute approximate surface area is 97.3 Å². The van der Waals surface area contributed by atoms with Gasteiger partial charge in [-0.15, -0.1) is 0 Å². The van der Waals surface area contributed by atoms with Crippen molar-refractivity contribution in [1.29, 1.82) is 0 Å². The molecule has 1 fully saturated rings. The first kappa shape index (κ1) is 10.9. The fraction of sp³-hybridized carbons (Fsp3) is 0.400. The fourth-order valence-corrected chi connectivity index (χ4v) is 1.85. The van der Waals surface area contributed by atoms with Crippen molar-refractivity contribution in [2.75, 3.05) is 19.7 Å². The van der Waals surface area contributed by atoms with Crippen LogP contribution in [0.4, 0.5) is 4.79 Å². The van der Waals surface area contributed by atoms with Gasteiger partial charge in [0.05, 0.1) is 13.1 Å². The van der Waals surface area contributed by atoms with Crippen LogP contribution < -0.4 is 4.74 Å². The van der Waals surface area contributed by atoms with Gasteiger partial charge in [-0.25, -0.2) is 9.78 Å². The Morgan fingerprint density at radius 3 is 3.19 bits per heavy atom. The van der Waals surface area contributed by atoms with Crippen molar-refractivity contribution in [2.24, 2.45) is 0 Å². The summed E-state index contributed by atoms with van der Waals surface area (Å²) in [6, 6.07) is 0. The molecule has 2 heterocycles. The number of amides is 1. The molecule has 1 aliphatic heterocycles. The monoisotopic (exact) mass is 240 g/mol. The van der Waals surface area contributed by atoms with Crippen LogP contribution >= 0.6 is 11.3 Å². The molecule has 0 aromatic carbocycles. The molecule has 1 saturated heterocycles. The van der Waals surface area contributed by atoms with Crippen LogP contribution in [-0.2, 0) is 4.74 Å². The molecule has 5 nitrogen and oxygen atoms in total. The molecule has 6 heteroatoms. The van der Waals surface area contributed by atoms with E-state index in [9.17, 15) is 4.79 Å². The summed E-state index contributed by atoms with van der Waals surface area (Å²) < 4.78 is 10.4. The van der Waals surface area contributed by atoms with E-state index in [-0.39, 0.29) is 18.8 Å². The zero-order valence-corrected chi connectivity index (χ0v) is 9.48. The standard InChI is InChI=1S/C10H12N2O3S/c1-2-4-14-10(13)12-6-8(7-12)15-9-11-3-5-16-9/h2-3,5,8H,1,4,6-7H2. The number of carbonyl (C=O) groups is 1. The zero-order valence-electron chi connectivity index (χ0n) is 8.67. The summed E-state index contributed by atoms with van der Waals surface area (Å²) in [6.45, 7) is 4.82. The minimum atomic E-state index is -0.320. The highest BCUT2D eigenvalue weighted by molar-refractivity contribution is 7.11. The summed E-state index contributed by atoms with van der Waals surface area (Å²) >= 11 is 1.44. The molecule has 0 unspecified atom stereocenters. The normalized spacial score (nSPS) is 15.4. The highest BCUT2D eigenvalue weighted by Gasteiger charge is 2.33. The molecular formula is C10H12N2O3S. The minimum Gasteiger partial charge on any atom is -0.463 e. The van der Waals surface area contributed by atoms with Gasteiger partial charge in [0, 0.05) is 11.6 Å². The van der Waals surface area contributed by atoms with E-state index < -0.39 is 0 Å². The van der Waals surface area contributed by atoms with Crippen molar-refractivity contribution in [3.63, 3.8) is 0 Å². The van der Waals surface area contributed by atoms with E-state index in [0.717, 1.165) is 0 Å². The number of nitrogens with zero attached hydrogens (tertiary/aromatic N) is 2. The lowest BCUT2D eigenvalue weighted by molar-refractivity contribution is 0.0144. The predicted octanol–water partition coefficient (Wildman–Crippen LogP) is 1.53. The highest BCUT2D eigenvalue weighted by Crippen LogP contribution is 2.20. The van der Waals surface area contributed by atoms with Crippen LogP contribution in [0.2, 0.25) is 0 Å². The quantitative estimate of drug-likeness (QED) is 0.749. The second-order valence-electron chi connectivity index (χ2n) is 3.31. The first-order chi connectivity index (χ1) is 7.79. The summed E-state index contributed by atoms with van der Waals surface area (Å²) in [7, 11) is 0. The topological polar surface area (TPSA) is 51.7 Å². The molecule has 0 bridgehead atoms. The van der Waals surface area contributed by atoms with Crippen LogP contribution in [-0.4, -0.2) is 41.8 Å². The largest absolute Gasteiger partial charge is 0.463 e. The summed E-state index contributed by atoms with van der Waals surface area (Å²) in [4.78, 5) is 16.9. The second kappa shape index (κ2) is 4.98. The lowest BCUT2D eigenvalue weighted by Gasteiger charge is -2.37. The third-order valence-corrected chi connectivity index (χ3v) is 2.77.